The molecule has 11 heavy (non-hydrogen) atoms. The molecule has 0 aromatic heterocycles. The van der Waals surface area contributed by atoms with E-state index in [1.54, 1.807) is 6.92 Å². The maximum absolute atomic E-state index is 9.96. The van der Waals surface area contributed by atoms with Gasteiger partial charge in [-0.2, -0.15) is 0 Å². The maximum Gasteiger partial charge on any atom is 0.0889 e. The van der Waals surface area contributed by atoms with Gasteiger partial charge in [-0.05, 0) is 13.3 Å². The summed E-state index contributed by atoms with van der Waals surface area (Å²) in [5.74, 6) is 0. The van der Waals surface area contributed by atoms with E-state index in [-0.39, 0.29) is 0 Å². The van der Waals surface area contributed by atoms with Gasteiger partial charge in [0.2, 0.25) is 0 Å². The van der Waals surface area contributed by atoms with Crippen molar-refractivity contribution in [3.63, 3.8) is 0 Å². The van der Waals surface area contributed by atoms with Crippen molar-refractivity contribution in [1.82, 2.24) is 0 Å². The Kier molecular flexibility index (Phi) is 3.03. The average Bonchev–Trinajstić information content (AvgIpc) is 1.83. The maximum atomic E-state index is 9.96. The number of nitrogens with one attached hydrogen (secondary N) is 1. The Morgan fingerprint density at radius 2 is 1.82 bits per heavy atom. The second kappa shape index (κ2) is 3.07. The smallest absolute Gasteiger partial charge is 0.0889 e. The van der Waals surface area contributed by atoms with E-state index in [0.717, 1.165) is 0 Å². The highest BCUT2D eigenvalue weighted by Gasteiger charge is 2.39. The van der Waals surface area contributed by atoms with Gasteiger partial charge in [-0.1, -0.05) is 26.6 Å². The van der Waals surface area contributed by atoms with Gasteiger partial charge in [0.1, 0.15) is 0 Å². The van der Waals surface area contributed by atoms with Gasteiger partial charge < -0.3 is 10.5 Å². The molecule has 66 valence electrons. The molecule has 0 rings (SSSR count). The molecule has 0 radical (unpaired) electrons. The highest BCUT2D eigenvalue weighted by Crippen LogP contribution is 2.22. The summed E-state index contributed by atoms with van der Waals surface area (Å²) in [7, 11) is -1.64. The summed E-state index contributed by atoms with van der Waals surface area (Å²) in [6, 6.07) is 0. The van der Waals surface area contributed by atoms with Crippen LogP contribution in [0.25, 0.3) is 0 Å². The predicted molar refractivity (Wildman–Crippen MR) is 52.0 cm³/mol. The van der Waals surface area contributed by atoms with Crippen molar-refractivity contribution in [3.05, 3.63) is 0 Å². The van der Waals surface area contributed by atoms with Crippen LogP contribution >= 0.6 is 0 Å². The first-order chi connectivity index (χ1) is 4.73. The predicted octanol–water partition coefficient (Wildman–Crippen LogP) is 2.04. The molecular weight excluding hydrogens is 154 g/mol. The normalized spacial score (nSPS) is 17.6. The zero-order valence-corrected chi connectivity index (χ0v) is 9.15. The van der Waals surface area contributed by atoms with Gasteiger partial charge in [-0.25, -0.2) is 0 Å². The van der Waals surface area contributed by atoms with Crippen LogP contribution in [0.3, 0.4) is 0 Å². The van der Waals surface area contributed by atoms with E-state index in [1.165, 1.54) is 0 Å². The molecule has 1 unspecified atom stereocenters. The Labute approximate surface area is 70.2 Å². The van der Waals surface area contributed by atoms with E-state index in [1.807, 2.05) is 6.92 Å². The lowest BCUT2D eigenvalue weighted by Crippen LogP contribution is -2.55. The Morgan fingerprint density at radius 1 is 1.45 bits per heavy atom. The first kappa shape index (κ1) is 10.8. The van der Waals surface area contributed by atoms with Crippen LogP contribution < -0.4 is 0 Å². The van der Waals surface area contributed by atoms with E-state index in [4.69, 9.17) is 5.41 Å². The van der Waals surface area contributed by atoms with Gasteiger partial charge in [0.05, 0.1) is 13.3 Å². The van der Waals surface area contributed by atoms with Crippen molar-refractivity contribution >= 4 is 13.8 Å². The minimum Gasteiger partial charge on any atom is -0.388 e. The molecule has 0 fully saturated rings. The summed E-state index contributed by atoms with van der Waals surface area (Å²) in [6.07, 6.45) is 0.650. The van der Waals surface area contributed by atoms with Crippen LogP contribution in [0.2, 0.25) is 19.6 Å². The molecule has 0 aliphatic rings. The lowest BCUT2D eigenvalue weighted by Gasteiger charge is -2.35. The molecule has 0 spiro atoms. The van der Waals surface area contributed by atoms with E-state index < -0.39 is 13.3 Å². The van der Waals surface area contributed by atoms with Crippen molar-refractivity contribution in [1.29, 1.82) is 5.41 Å². The van der Waals surface area contributed by atoms with E-state index >= 15 is 0 Å². The van der Waals surface area contributed by atoms with Crippen LogP contribution in [0.4, 0.5) is 0 Å². The SMILES string of the molecule is CCC(=N)C(C)(O)[Si](C)(C)C. The van der Waals surface area contributed by atoms with Crippen molar-refractivity contribution in [2.75, 3.05) is 0 Å². The monoisotopic (exact) mass is 173 g/mol. The molecule has 0 amide bonds. The summed E-state index contributed by atoms with van der Waals surface area (Å²) in [4.78, 5) is 0. The Balaban J connectivity index is 4.59. The minimum atomic E-state index is -1.64. The van der Waals surface area contributed by atoms with Crippen LogP contribution in [0.15, 0.2) is 0 Å². The van der Waals surface area contributed by atoms with Crippen LogP contribution in [0, 0.1) is 5.41 Å². The average molecular weight is 173 g/mol. The zero-order valence-electron chi connectivity index (χ0n) is 8.15. The largest absolute Gasteiger partial charge is 0.388 e. The van der Waals surface area contributed by atoms with Crippen LogP contribution in [0.1, 0.15) is 20.3 Å². The summed E-state index contributed by atoms with van der Waals surface area (Å²) in [6.45, 7) is 9.92. The fourth-order valence-corrected chi connectivity index (χ4v) is 1.88. The molecule has 0 saturated carbocycles. The fraction of sp³-hybridized carbons (Fsp3) is 0.875. The van der Waals surface area contributed by atoms with Gasteiger partial charge in [0.25, 0.3) is 0 Å². The second-order valence-corrected chi connectivity index (χ2v) is 9.63. The van der Waals surface area contributed by atoms with Crippen LogP contribution in [-0.4, -0.2) is 24.1 Å². The standard InChI is InChI=1S/C8H19NOSi/c1-6-7(9)8(2,10)11(3,4)5/h9-10H,6H2,1-5H3. The highest BCUT2D eigenvalue weighted by molar-refractivity contribution is 6.82. The summed E-state index contributed by atoms with van der Waals surface area (Å²) < 4.78 is 0. The van der Waals surface area contributed by atoms with Crippen LogP contribution in [-0.2, 0) is 0 Å². The van der Waals surface area contributed by atoms with E-state index in [2.05, 4.69) is 19.6 Å². The molecule has 0 heterocycles. The fourth-order valence-electron chi connectivity index (χ4n) is 0.797. The summed E-state index contributed by atoms with van der Waals surface area (Å²) >= 11 is 0. The van der Waals surface area contributed by atoms with E-state index in [0.29, 0.717) is 12.1 Å². The molecule has 0 aromatic rings. The van der Waals surface area contributed by atoms with Crippen molar-refractivity contribution in [2.45, 2.75) is 45.1 Å². The van der Waals surface area contributed by atoms with Crippen LogP contribution in [0.5, 0.6) is 0 Å². The lowest BCUT2D eigenvalue weighted by atomic mass is 10.2. The van der Waals surface area contributed by atoms with Crippen molar-refractivity contribution < 1.29 is 5.11 Å². The number of hydrogen-bond acceptors (Lipinski definition) is 2. The Morgan fingerprint density at radius 3 is 1.91 bits per heavy atom. The third-order valence-electron chi connectivity index (χ3n) is 2.40. The number of hydrogen-bond donors (Lipinski definition) is 2. The first-order valence-corrected chi connectivity index (χ1v) is 7.53. The van der Waals surface area contributed by atoms with Gasteiger partial charge in [0, 0.05) is 5.71 Å². The van der Waals surface area contributed by atoms with Gasteiger partial charge in [-0.15, -0.1) is 0 Å². The van der Waals surface area contributed by atoms with Crippen molar-refractivity contribution in [3.8, 4) is 0 Å². The third-order valence-corrected chi connectivity index (χ3v) is 5.62. The number of rotatable bonds is 3. The minimum absolute atomic E-state index is 0.469. The van der Waals surface area contributed by atoms with Gasteiger partial charge >= 0.3 is 0 Å². The zero-order chi connectivity index (χ0) is 9.28. The topological polar surface area (TPSA) is 44.1 Å². The lowest BCUT2D eigenvalue weighted by molar-refractivity contribution is 0.203. The van der Waals surface area contributed by atoms with E-state index in [9.17, 15) is 5.11 Å². The Bertz CT molecular complexity index is 158. The number of aliphatic hydroxyl groups is 1. The van der Waals surface area contributed by atoms with Gasteiger partial charge in [-0.3, -0.25) is 0 Å². The summed E-state index contributed by atoms with van der Waals surface area (Å²) in [5.41, 5.74) is 0.469. The van der Waals surface area contributed by atoms with Gasteiger partial charge in [0.15, 0.2) is 0 Å². The quantitative estimate of drug-likeness (QED) is 0.498. The second-order valence-electron chi connectivity index (χ2n) is 4.15. The molecule has 0 aliphatic heterocycles. The molecule has 0 bridgehead atoms. The Hall–Kier alpha value is -0.153. The molecule has 1 atom stereocenters. The van der Waals surface area contributed by atoms with Crippen molar-refractivity contribution in [2.24, 2.45) is 0 Å². The molecule has 2 nitrogen and oxygen atoms in total. The highest BCUT2D eigenvalue weighted by atomic mass is 28.3. The molecule has 0 aromatic carbocycles. The molecular formula is C8H19NOSi. The molecule has 0 aliphatic carbocycles. The first-order valence-electron chi connectivity index (χ1n) is 4.03. The summed E-state index contributed by atoms with van der Waals surface area (Å²) in [5, 5.41) is 16.7. The molecule has 2 N–H and O–H groups in total. The molecule has 3 heteroatoms. The molecule has 0 saturated heterocycles. The third kappa shape index (κ3) is 2.14.